The number of hydrogen-bond donors (Lipinski definition) is 0. The zero-order chi connectivity index (χ0) is 17.4. The Hall–Kier alpha value is -3.79. The molecule has 0 aliphatic heterocycles. The first-order valence-electron chi connectivity index (χ1n) is 7.22. The van der Waals surface area contributed by atoms with Crippen LogP contribution in [0, 0.1) is 17.1 Å². The molecule has 25 heavy (non-hydrogen) atoms. The number of fused-ring (bicyclic) bond motifs is 1. The SMILES string of the molecule is N#Cc1ccc(-c2noc(-c3cc(=O)c4cc(F)ccc4o3)n2)cc1. The molecule has 2 heterocycles. The van der Waals surface area contributed by atoms with E-state index < -0.39 is 11.2 Å². The lowest BCUT2D eigenvalue weighted by Crippen LogP contribution is -2.00. The molecule has 4 rings (SSSR count). The highest BCUT2D eigenvalue weighted by Crippen LogP contribution is 2.24. The molecule has 0 saturated carbocycles. The van der Waals surface area contributed by atoms with E-state index in [1.165, 1.54) is 18.2 Å². The molecule has 0 atom stereocenters. The minimum atomic E-state index is -0.520. The minimum absolute atomic E-state index is 0.0303. The van der Waals surface area contributed by atoms with Gasteiger partial charge in [0.05, 0.1) is 17.0 Å². The predicted octanol–water partition coefficient (Wildman–Crippen LogP) is 3.52. The van der Waals surface area contributed by atoms with Gasteiger partial charge in [-0.2, -0.15) is 10.2 Å². The summed E-state index contributed by atoms with van der Waals surface area (Å²) in [6.45, 7) is 0. The molecular formula is C18H8FN3O3. The number of aromatic nitrogens is 2. The maximum absolute atomic E-state index is 13.2. The molecule has 0 aliphatic rings. The Morgan fingerprint density at radius 2 is 1.88 bits per heavy atom. The van der Waals surface area contributed by atoms with Crippen molar-refractivity contribution < 1.29 is 13.3 Å². The smallest absolute Gasteiger partial charge is 0.294 e. The zero-order valence-corrected chi connectivity index (χ0v) is 12.6. The highest BCUT2D eigenvalue weighted by atomic mass is 19.1. The summed E-state index contributed by atoms with van der Waals surface area (Å²) >= 11 is 0. The van der Waals surface area contributed by atoms with Crippen LogP contribution in [0.15, 0.2) is 62.3 Å². The van der Waals surface area contributed by atoms with Crippen LogP contribution in [0.5, 0.6) is 0 Å². The minimum Gasteiger partial charge on any atom is -0.451 e. The number of hydrogen-bond acceptors (Lipinski definition) is 6. The first-order chi connectivity index (χ1) is 12.1. The Labute approximate surface area is 139 Å². The molecule has 4 aromatic rings. The van der Waals surface area contributed by atoms with Crippen LogP contribution < -0.4 is 5.43 Å². The van der Waals surface area contributed by atoms with E-state index in [1.54, 1.807) is 24.3 Å². The van der Waals surface area contributed by atoms with Crippen LogP contribution in [0.3, 0.4) is 0 Å². The number of benzene rings is 2. The van der Waals surface area contributed by atoms with Crippen LogP contribution in [0.1, 0.15) is 5.56 Å². The zero-order valence-electron chi connectivity index (χ0n) is 12.6. The molecular weight excluding hydrogens is 325 g/mol. The second-order valence-electron chi connectivity index (χ2n) is 5.23. The molecule has 0 unspecified atom stereocenters. The van der Waals surface area contributed by atoms with Gasteiger partial charge in [0.15, 0.2) is 11.2 Å². The van der Waals surface area contributed by atoms with Crippen LogP contribution in [0.25, 0.3) is 34.0 Å². The van der Waals surface area contributed by atoms with E-state index in [4.69, 9.17) is 14.2 Å². The summed E-state index contributed by atoms with van der Waals surface area (Å²) in [5, 5.41) is 12.8. The summed E-state index contributed by atoms with van der Waals surface area (Å²) in [6.07, 6.45) is 0. The summed E-state index contributed by atoms with van der Waals surface area (Å²) in [7, 11) is 0. The number of nitrogens with zero attached hydrogens (tertiary/aromatic N) is 3. The lowest BCUT2D eigenvalue weighted by Gasteiger charge is -1.99. The number of halogens is 1. The van der Waals surface area contributed by atoms with Crippen molar-refractivity contribution in [3.63, 3.8) is 0 Å². The van der Waals surface area contributed by atoms with Crippen LogP contribution in [-0.4, -0.2) is 10.1 Å². The van der Waals surface area contributed by atoms with Crippen LogP contribution >= 0.6 is 0 Å². The Balaban J connectivity index is 1.77. The van der Waals surface area contributed by atoms with Gasteiger partial charge >= 0.3 is 0 Å². The van der Waals surface area contributed by atoms with E-state index in [0.29, 0.717) is 17.0 Å². The van der Waals surface area contributed by atoms with Crippen molar-refractivity contribution in [2.45, 2.75) is 0 Å². The Morgan fingerprint density at radius 1 is 1.08 bits per heavy atom. The molecule has 0 radical (unpaired) electrons. The molecule has 0 aliphatic carbocycles. The molecule has 0 fully saturated rings. The third kappa shape index (κ3) is 2.66. The van der Waals surface area contributed by atoms with Crippen molar-refractivity contribution in [1.29, 1.82) is 5.26 Å². The summed E-state index contributed by atoms with van der Waals surface area (Å²) in [6, 6.07) is 13.5. The highest BCUT2D eigenvalue weighted by Gasteiger charge is 2.15. The Kier molecular flexibility index (Phi) is 3.36. The monoisotopic (exact) mass is 333 g/mol. The normalized spacial score (nSPS) is 10.7. The van der Waals surface area contributed by atoms with E-state index >= 15 is 0 Å². The highest BCUT2D eigenvalue weighted by molar-refractivity contribution is 5.78. The Morgan fingerprint density at radius 3 is 2.64 bits per heavy atom. The van der Waals surface area contributed by atoms with Gasteiger partial charge in [-0.15, -0.1) is 0 Å². The summed E-state index contributed by atoms with van der Waals surface area (Å²) < 4.78 is 24.0. The molecule has 2 aromatic carbocycles. The van der Waals surface area contributed by atoms with Gasteiger partial charge in [-0.1, -0.05) is 5.16 Å². The summed E-state index contributed by atoms with van der Waals surface area (Å²) in [5.74, 6) is -0.103. The van der Waals surface area contributed by atoms with Crippen molar-refractivity contribution in [3.8, 4) is 29.1 Å². The van der Waals surface area contributed by atoms with Gasteiger partial charge in [0.25, 0.3) is 5.89 Å². The molecule has 0 amide bonds. The summed E-state index contributed by atoms with van der Waals surface area (Å²) in [5.41, 5.74) is 0.982. The lowest BCUT2D eigenvalue weighted by atomic mass is 10.1. The third-order valence-electron chi connectivity index (χ3n) is 3.60. The van der Waals surface area contributed by atoms with E-state index in [9.17, 15) is 9.18 Å². The van der Waals surface area contributed by atoms with Gasteiger partial charge in [-0.05, 0) is 42.5 Å². The number of nitriles is 1. The first kappa shape index (κ1) is 14.8. The van der Waals surface area contributed by atoms with Gasteiger partial charge in [-0.3, -0.25) is 4.79 Å². The van der Waals surface area contributed by atoms with Crippen molar-refractivity contribution in [3.05, 3.63) is 70.1 Å². The lowest BCUT2D eigenvalue weighted by molar-refractivity contribution is 0.418. The van der Waals surface area contributed by atoms with Crippen molar-refractivity contribution in [1.82, 2.24) is 10.1 Å². The third-order valence-corrected chi connectivity index (χ3v) is 3.60. The standard InChI is InChI=1S/C18H8FN3O3/c19-12-5-6-15-13(7-12)14(23)8-16(24-15)18-21-17(22-25-18)11-3-1-10(9-20)2-4-11/h1-8H. The van der Waals surface area contributed by atoms with Crippen LogP contribution in [0.4, 0.5) is 4.39 Å². The second-order valence-corrected chi connectivity index (χ2v) is 5.23. The molecule has 0 bridgehead atoms. The molecule has 2 aromatic heterocycles. The Bertz CT molecular complexity index is 1190. The molecule has 7 heteroatoms. The average Bonchev–Trinajstić information content (AvgIpc) is 3.12. The second kappa shape index (κ2) is 5.69. The quantitative estimate of drug-likeness (QED) is 0.557. The molecule has 0 N–H and O–H groups in total. The fraction of sp³-hybridized carbons (Fsp3) is 0. The van der Waals surface area contributed by atoms with Crippen LogP contribution in [0.2, 0.25) is 0 Å². The molecule has 6 nitrogen and oxygen atoms in total. The maximum Gasteiger partial charge on any atom is 0.294 e. The fourth-order valence-corrected chi connectivity index (χ4v) is 2.37. The van der Waals surface area contributed by atoms with Crippen molar-refractivity contribution in [2.75, 3.05) is 0 Å². The molecule has 0 spiro atoms. The van der Waals surface area contributed by atoms with Gasteiger partial charge in [-0.25, -0.2) is 4.39 Å². The van der Waals surface area contributed by atoms with Crippen molar-refractivity contribution in [2.24, 2.45) is 0 Å². The van der Waals surface area contributed by atoms with E-state index in [-0.39, 0.29) is 22.6 Å². The van der Waals surface area contributed by atoms with E-state index in [0.717, 1.165) is 6.07 Å². The fourth-order valence-electron chi connectivity index (χ4n) is 2.37. The largest absolute Gasteiger partial charge is 0.451 e. The maximum atomic E-state index is 13.2. The number of rotatable bonds is 2. The predicted molar refractivity (Wildman–Crippen MR) is 85.9 cm³/mol. The average molecular weight is 333 g/mol. The first-order valence-corrected chi connectivity index (χ1v) is 7.22. The van der Waals surface area contributed by atoms with Gasteiger partial charge in [0.2, 0.25) is 5.82 Å². The van der Waals surface area contributed by atoms with Gasteiger partial charge < -0.3 is 8.94 Å². The van der Waals surface area contributed by atoms with Crippen LogP contribution in [-0.2, 0) is 0 Å². The van der Waals surface area contributed by atoms with Crippen molar-refractivity contribution >= 4 is 11.0 Å². The molecule has 120 valence electrons. The van der Waals surface area contributed by atoms with E-state index in [2.05, 4.69) is 10.1 Å². The summed E-state index contributed by atoms with van der Waals surface area (Å²) in [4.78, 5) is 16.3. The van der Waals surface area contributed by atoms with Gasteiger partial charge in [0, 0.05) is 11.6 Å². The van der Waals surface area contributed by atoms with Gasteiger partial charge in [0.1, 0.15) is 11.4 Å². The molecule has 0 saturated heterocycles. The topological polar surface area (TPSA) is 92.9 Å². The van der Waals surface area contributed by atoms with E-state index in [1.807, 2.05) is 6.07 Å².